The largest absolute Gasteiger partial charge is 0.334 e. The van der Waals surface area contributed by atoms with Gasteiger partial charge in [0.25, 0.3) is 5.91 Å². The quantitative estimate of drug-likeness (QED) is 0.721. The van der Waals surface area contributed by atoms with Gasteiger partial charge in [-0.25, -0.2) is 4.79 Å². The van der Waals surface area contributed by atoms with E-state index in [9.17, 15) is 14.4 Å². The van der Waals surface area contributed by atoms with Crippen molar-refractivity contribution in [2.45, 2.75) is 56.7 Å². The molecule has 4 fully saturated rings. The van der Waals surface area contributed by atoms with Crippen molar-refractivity contribution >= 4 is 17.8 Å². The van der Waals surface area contributed by atoms with Crippen LogP contribution in [0.1, 0.15) is 39.0 Å². The van der Waals surface area contributed by atoms with Crippen LogP contribution >= 0.6 is 0 Å². The van der Waals surface area contributed by atoms with Crippen molar-refractivity contribution < 1.29 is 14.4 Å². The number of hydrogen-bond donors (Lipinski definition) is 2. The number of carbonyl (C=O) groups excluding carboxylic acids is 3. The molecule has 3 heterocycles. The van der Waals surface area contributed by atoms with Gasteiger partial charge in [-0.05, 0) is 51.5 Å². The van der Waals surface area contributed by atoms with Gasteiger partial charge < -0.3 is 15.5 Å². The Hall–Kier alpha value is -1.63. The van der Waals surface area contributed by atoms with Crippen molar-refractivity contribution in [3.63, 3.8) is 0 Å². The molecular weight excluding hydrogens is 296 g/mol. The fraction of sp³-hybridized carbons (Fsp3) is 0.812. The zero-order chi connectivity index (χ0) is 16.2. The van der Waals surface area contributed by atoms with Gasteiger partial charge in [-0.1, -0.05) is 0 Å². The molecule has 0 radical (unpaired) electrons. The first-order valence-corrected chi connectivity index (χ1v) is 8.66. The van der Waals surface area contributed by atoms with E-state index in [0.29, 0.717) is 0 Å². The van der Waals surface area contributed by atoms with Crippen LogP contribution in [-0.4, -0.2) is 64.9 Å². The van der Waals surface area contributed by atoms with E-state index in [2.05, 4.69) is 10.6 Å². The average Bonchev–Trinajstić information content (AvgIpc) is 3.26. The van der Waals surface area contributed by atoms with Gasteiger partial charge in [0, 0.05) is 18.6 Å². The van der Waals surface area contributed by atoms with Crippen molar-refractivity contribution in [3.05, 3.63) is 0 Å². The zero-order valence-corrected chi connectivity index (χ0v) is 13.5. The maximum absolute atomic E-state index is 12.8. The van der Waals surface area contributed by atoms with Crippen molar-refractivity contribution in [3.8, 4) is 0 Å². The number of imide groups is 1. The third kappa shape index (κ3) is 2.33. The highest BCUT2D eigenvalue weighted by Crippen LogP contribution is 2.42. The normalized spacial score (nSPS) is 37.1. The summed E-state index contributed by atoms with van der Waals surface area (Å²) in [6, 6.07) is 0.0294. The van der Waals surface area contributed by atoms with Crippen molar-refractivity contribution in [2.24, 2.45) is 5.92 Å². The van der Waals surface area contributed by atoms with Gasteiger partial charge in [0.1, 0.15) is 12.1 Å². The van der Waals surface area contributed by atoms with Crippen LogP contribution in [0.25, 0.3) is 0 Å². The smallest absolute Gasteiger partial charge is 0.325 e. The molecule has 4 amide bonds. The lowest BCUT2D eigenvalue weighted by molar-refractivity contribution is -0.140. The first kappa shape index (κ1) is 14.9. The van der Waals surface area contributed by atoms with E-state index in [4.69, 9.17) is 0 Å². The summed E-state index contributed by atoms with van der Waals surface area (Å²) in [5.74, 6) is -0.110. The van der Waals surface area contributed by atoms with Crippen LogP contribution in [0.3, 0.4) is 0 Å². The Bertz CT molecular complexity index is 548. The van der Waals surface area contributed by atoms with Crippen molar-refractivity contribution in [1.29, 1.82) is 0 Å². The van der Waals surface area contributed by atoms with Crippen LogP contribution in [0, 0.1) is 5.92 Å². The van der Waals surface area contributed by atoms with Crippen molar-refractivity contribution in [1.82, 2.24) is 20.4 Å². The van der Waals surface area contributed by atoms with Gasteiger partial charge in [0.05, 0.1) is 0 Å². The SMILES string of the molecule is CC1(C2CC2)NC(=O)N(CC(=O)N2C3CCNCC2CC3)C1=O. The third-order valence-corrected chi connectivity index (χ3v) is 5.93. The molecule has 3 aliphatic heterocycles. The maximum atomic E-state index is 12.8. The number of nitrogens with zero attached hydrogens (tertiary/aromatic N) is 2. The first-order valence-electron chi connectivity index (χ1n) is 8.66. The number of amides is 4. The van der Waals surface area contributed by atoms with Crippen LogP contribution in [-0.2, 0) is 9.59 Å². The summed E-state index contributed by atoms with van der Waals surface area (Å²) in [5.41, 5.74) is -0.809. The minimum absolute atomic E-state index is 0.0928. The highest BCUT2D eigenvalue weighted by atomic mass is 16.2. The van der Waals surface area contributed by atoms with E-state index < -0.39 is 11.6 Å². The highest BCUT2D eigenvalue weighted by Gasteiger charge is 2.56. The fourth-order valence-corrected chi connectivity index (χ4v) is 4.40. The average molecular weight is 320 g/mol. The Morgan fingerprint density at radius 3 is 2.65 bits per heavy atom. The minimum atomic E-state index is -0.809. The monoisotopic (exact) mass is 320 g/mol. The second kappa shape index (κ2) is 5.19. The van der Waals surface area contributed by atoms with E-state index in [0.717, 1.165) is 50.1 Å². The fourth-order valence-electron chi connectivity index (χ4n) is 4.40. The second-order valence-electron chi connectivity index (χ2n) is 7.48. The molecule has 23 heavy (non-hydrogen) atoms. The standard InChI is InChI=1S/C16H24N4O3/c1-16(10-2-3-10)14(22)19(15(23)18-16)9-13(21)20-11-4-5-12(20)8-17-7-6-11/h10-12,17H,2-9H2,1H3,(H,18,23). The molecule has 7 nitrogen and oxygen atoms in total. The zero-order valence-electron chi connectivity index (χ0n) is 13.5. The number of urea groups is 1. The van der Waals surface area contributed by atoms with Gasteiger partial charge in [0.2, 0.25) is 5.91 Å². The molecule has 7 heteroatoms. The molecule has 0 spiro atoms. The highest BCUT2D eigenvalue weighted by molar-refractivity contribution is 6.09. The number of hydrogen-bond acceptors (Lipinski definition) is 4. The molecule has 4 rings (SSSR count). The molecule has 3 atom stereocenters. The van der Waals surface area contributed by atoms with Gasteiger partial charge in [-0.2, -0.15) is 0 Å². The van der Waals surface area contributed by atoms with Gasteiger partial charge in [-0.3, -0.25) is 14.5 Å². The predicted octanol–water partition coefficient (Wildman–Crippen LogP) is 0.0598. The Kier molecular flexibility index (Phi) is 3.37. The number of nitrogens with one attached hydrogen (secondary N) is 2. The van der Waals surface area contributed by atoms with Gasteiger partial charge in [0.15, 0.2) is 0 Å². The topological polar surface area (TPSA) is 81.8 Å². The summed E-state index contributed by atoms with van der Waals surface area (Å²) in [4.78, 5) is 40.7. The molecule has 4 aliphatic rings. The number of fused-ring (bicyclic) bond motifs is 2. The summed E-state index contributed by atoms with van der Waals surface area (Å²) in [7, 11) is 0. The Morgan fingerprint density at radius 1 is 1.17 bits per heavy atom. The molecule has 126 valence electrons. The number of carbonyl (C=O) groups is 3. The lowest BCUT2D eigenvalue weighted by atomic mass is 9.96. The van der Waals surface area contributed by atoms with Crippen LogP contribution in [0.4, 0.5) is 4.79 Å². The molecule has 2 bridgehead atoms. The van der Waals surface area contributed by atoms with E-state index in [1.54, 1.807) is 6.92 Å². The molecule has 3 saturated heterocycles. The van der Waals surface area contributed by atoms with Gasteiger partial charge >= 0.3 is 6.03 Å². The van der Waals surface area contributed by atoms with Crippen LogP contribution in [0.15, 0.2) is 0 Å². The predicted molar refractivity (Wildman–Crippen MR) is 82.5 cm³/mol. The second-order valence-corrected chi connectivity index (χ2v) is 7.48. The summed E-state index contributed by atoms with van der Waals surface area (Å²) in [6.45, 7) is 3.39. The minimum Gasteiger partial charge on any atom is -0.334 e. The lowest BCUT2D eigenvalue weighted by Crippen LogP contribution is -2.49. The Morgan fingerprint density at radius 2 is 1.91 bits per heavy atom. The summed E-state index contributed by atoms with van der Waals surface area (Å²) in [6.07, 6.45) is 4.90. The maximum Gasteiger partial charge on any atom is 0.325 e. The molecule has 0 aromatic carbocycles. The van der Waals surface area contributed by atoms with E-state index >= 15 is 0 Å². The summed E-state index contributed by atoms with van der Waals surface area (Å²) in [5, 5.41) is 6.16. The molecule has 3 unspecified atom stereocenters. The third-order valence-electron chi connectivity index (χ3n) is 5.93. The van der Waals surface area contributed by atoms with Crippen LogP contribution < -0.4 is 10.6 Å². The lowest BCUT2D eigenvalue weighted by Gasteiger charge is -2.29. The van der Waals surface area contributed by atoms with Crippen LogP contribution in [0.2, 0.25) is 0 Å². The molecule has 1 saturated carbocycles. The Labute approximate surface area is 135 Å². The summed E-state index contributed by atoms with van der Waals surface area (Å²) >= 11 is 0. The molecule has 2 N–H and O–H groups in total. The first-order chi connectivity index (χ1) is 11.0. The molecule has 0 aromatic heterocycles. The molecule has 0 aromatic rings. The van der Waals surface area contributed by atoms with E-state index in [1.165, 1.54) is 0 Å². The van der Waals surface area contributed by atoms with Gasteiger partial charge in [-0.15, -0.1) is 0 Å². The molecule has 1 aliphatic carbocycles. The summed E-state index contributed by atoms with van der Waals surface area (Å²) < 4.78 is 0. The van der Waals surface area contributed by atoms with Crippen molar-refractivity contribution in [2.75, 3.05) is 19.6 Å². The van der Waals surface area contributed by atoms with Crippen LogP contribution in [0.5, 0.6) is 0 Å². The number of rotatable bonds is 3. The molecular formula is C16H24N4O3. The Balaban J connectivity index is 1.48. The van der Waals surface area contributed by atoms with E-state index in [-0.39, 0.29) is 36.4 Å². The van der Waals surface area contributed by atoms with E-state index in [1.807, 2.05) is 4.90 Å².